The molecular formula is C19H31Cl2NO. The number of hydrogen-bond acceptors (Lipinski definition) is 2. The van der Waals surface area contributed by atoms with Gasteiger partial charge in [0.2, 0.25) is 0 Å². The molecule has 1 rings (SSSR count). The fraction of sp³-hybridized carbons (Fsp3) is 0.632. The Bertz CT molecular complexity index is 406. The van der Waals surface area contributed by atoms with E-state index in [1.165, 1.54) is 64.2 Å². The van der Waals surface area contributed by atoms with Gasteiger partial charge in [0.15, 0.2) is 0 Å². The number of hydrogen-bond donors (Lipinski definition) is 1. The molecule has 0 atom stereocenters. The maximum absolute atomic E-state index is 11.0. The molecule has 0 aliphatic carbocycles. The Balaban J connectivity index is 0.00000484. The van der Waals surface area contributed by atoms with E-state index in [2.05, 4.69) is 12.2 Å². The van der Waals surface area contributed by atoms with Crippen molar-refractivity contribution < 1.29 is 4.79 Å². The molecule has 23 heavy (non-hydrogen) atoms. The van der Waals surface area contributed by atoms with E-state index in [1.54, 1.807) is 12.1 Å². The second-order valence-electron chi connectivity index (χ2n) is 5.96. The summed E-state index contributed by atoms with van der Waals surface area (Å²) in [5, 5.41) is 2.98. The molecule has 132 valence electrons. The van der Waals surface area contributed by atoms with Gasteiger partial charge in [0.05, 0.1) is 0 Å². The maximum Gasteiger partial charge on any atom is 0.252 e. The topological polar surface area (TPSA) is 29.1 Å². The summed E-state index contributed by atoms with van der Waals surface area (Å²) in [4.78, 5) is 11.0. The summed E-state index contributed by atoms with van der Waals surface area (Å²) in [5.41, 5.74) is 1.60. The molecule has 0 saturated heterocycles. The molecule has 0 saturated carbocycles. The first-order chi connectivity index (χ1) is 10.7. The van der Waals surface area contributed by atoms with E-state index in [1.807, 2.05) is 12.1 Å². The highest BCUT2D eigenvalue weighted by Gasteiger charge is 2.00. The summed E-state index contributed by atoms with van der Waals surface area (Å²) >= 11 is 5.42. The van der Waals surface area contributed by atoms with Crippen molar-refractivity contribution in [3.8, 4) is 0 Å². The molecule has 0 unspecified atom stereocenters. The van der Waals surface area contributed by atoms with Gasteiger partial charge in [-0.15, -0.1) is 12.4 Å². The molecule has 0 amide bonds. The molecule has 1 aromatic carbocycles. The predicted molar refractivity (Wildman–Crippen MR) is 104 cm³/mol. The lowest BCUT2D eigenvalue weighted by Crippen LogP contribution is -2.01. The smallest absolute Gasteiger partial charge is 0.252 e. The summed E-state index contributed by atoms with van der Waals surface area (Å²) < 4.78 is 0. The highest BCUT2D eigenvalue weighted by molar-refractivity contribution is 6.67. The number of benzene rings is 1. The van der Waals surface area contributed by atoms with Gasteiger partial charge in [-0.2, -0.15) is 0 Å². The Morgan fingerprint density at radius 3 is 1.83 bits per heavy atom. The van der Waals surface area contributed by atoms with Crippen molar-refractivity contribution in [1.29, 1.82) is 0 Å². The molecule has 1 aromatic rings. The van der Waals surface area contributed by atoms with Gasteiger partial charge in [0, 0.05) is 17.8 Å². The SMILES string of the molecule is CCCCCCCCCCCCNc1ccc(C(=O)Cl)cc1.Cl. The number of anilines is 1. The van der Waals surface area contributed by atoms with Crippen molar-refractivity contribution in [2.75, 3.05) is 11.9 Å². The molecule has 1 N–H and O–H groups in total. The first-order valence-corrected chi connectivity index (χ1v) is 9.15. The van der Waals surface area contributed by atoms with Gasteiger partial charge in [-0.3, -0.25) is 4.79 Å². The molecule has 0 aromatic heterocycles. The molecule has 0 bridgehead atoms. The number of rotatable bonds is 13. The van der Waals surface area contributed by atoms with Crippen LogP contribution in [0, 0.1) is 0 Å². The molecule has 0 aliphatic heterocycles. The van der Waals surface area contributed by atoms with Crippen LogP contribution in [0.25, 0.3) is 0 Å². The van der Waals surface area contributed by atoms with E-state index in [9.17, 15) is 4.79 Å². The zero-order valence-electron chi connectivity index (χ0n) is 14.3. The van der Waals surface area contributed by atoms with Gasteiger partial charge in [-0.1, -0.05) is 64.7 Å². The van der Waals surface area contributed by atoms with E-state index >= 15 is 0 Å². The van der Waals surface area contributed by atoms with Crippen LogP contribution in [0.5, 0.6) is 0 Å². The number of unbranched alkanes of at least 4 members (excludes halogenated alkanes) is 9. The molecule has 0 spiro atoms. The fourth-order valence-electron chi connectivity index (χ4n) is 2.56. The molecule has 0 heterocycles. The van der Waals surface area contributed by atoms with Crippen LogP contribution < -0.4 is 5.32 Å². The van der Waals surface area contributed by atoms with E-state index in [0.717, 1.165) is 12.2 Å². The Morgan fingerprint density at radius 1 is 0.870 bits per heavy atom. The number of halogens is 2. The maximum atomic E-state index is 11.0. The van der Waals surface area contributed by atoms with Crippen LogP contribution in [-0.4, -0.2) is 11.8 Å². The van der Waals surface area contributed by atoms with E-state index in [0.29, 0.717) is 5.56 Å². The van der Waals surface area contributed by atoms with E-state index < -0.39 is 5.24 Å². The van der Waals surface area contributed by atoms with Gasteiger partial charge < -0.3 is 5.32 Å². The highest BCUT2D eigenvalue weighted by Crippen LogP contribution is 2.13. The molecule has 4 heteroatoms. The van der Waals surface area contributed by atoms with Crippen molar-refractivity contribution in [3.05, 3.63) is 29.8 Å². The Hall–Kier alpha value is -0.730. The van der Waals surface area contributed by atoms with Gasteiger partial charge in [-0.05, 0) is 42.3 Å². The van der Waals surface area contributed by atoms with E-state index in [-0.39, 0.29) is 12.4 Å². The van der Waals surface area contributed by atoms with E-state index in [4.69, 9.17) is 11.6 Å². The predicted octanol–water partition coefficient (Wildman–Crippen LogP) is 6.82. The van der Waals surface area contributed by atoms with Crippen molar-refractivity contribution in [2.45, 2.75) is 71.1 Å². The summed E-state index contributed by atoms with van der Waals surface area (Å²) in [5.74, 6) is 0. The number of carbonyl (C=O) groups excluding carboxylic acids is 1. The van der Waals surface area contributed by atoms with Gasteiger partial charge in [-0.25, -0.2) is 0 Å². The number of nitrogens with one attached hydrogen (secondary N) is 1. The third kappa shape index (κ3) is 11.4. The number of carbonyl (C=O) groups is 1. The Labute approximate surface area is 152 Å². The lowest BCUT2D eigenvalue weighted by molar-refractivity contribution is 0.108. The Morgan fingerprint density at radius 2 is 1.35 bits per heavy atom. The largest absolute Gasteiger partial charge is 0.385 e. The summed E-state index contributed by atoms with van der Waals surface area (Å²) in [6.07, 6.45) is 13.6. The second-order valence-corrected chi connectivity index (χ2v) is 6.30. The van der Waals surface area contributed by atoms with Crippen LogP contribution in [0.4, 0.5) is 5.69 Å². The monoisotopic (exact) mass is 359 g/mol. The van der Waals surface area contributed by atoms with Crippen molar-refractivity contribution >= 4 is 34.9 Å². The molecule has 2 nitrogen and oxygen atoms in total. The van der Waals surface area contributed by atoms with Crippen molar-refractivity contribution in [2.24, 2.45) is 0 Å². The van der Waals surface area contributed by atoms with Crippen LogP contribution in [0.15, 0.2) is 24.3 Å². The highest BCUT2D eigenvalue weighted by atomic mass is 35.5. The van der Waals surface area contributed by atoms with Gasteiger partial charge in [0.25, 0.3) is 5.24 Å². The zero-order valence-corrected chi connectivity index (χ0v) is 15.9. The average molecular weight is 360 g/mol. The minimum atomic E-state index is -0.402. The van der Waals surface area contributed by atoms with Crippen LogP contribution in [0.2, 0.25) is 0 Å². The third-order valence-electron chi connectivity index (χ3n) is 3.97. The molecule has 0 radical (unpaired) electrons. The normalized spacial score (nSPS) is 10.2. The van der Waals surface area contributed by atoms with Crippen molar-refractivity contribution in [3.63, 3.8) is 0 Å². The molecule has 0 aliphatic rings. The first kappa shape index (κ1) is 22.3. The Kier molecular flexibility index (Phi) is 14.4. The van der Waals surface area contributed by atoms with Gasteiger partial charge >= 0.3 is 0 Å². The summed E-state index contributed by atoms with van der Waals surface area (Å²) in [7, 11) is 0. The second kappa shape index (κ2) is 14.8. The fourth-order valence-corrected chi connectivity index (χ4v) is 2.69. The lowest BCUT2D eigenvalue weighted by atomic mass is 10.1. The summed E-state index contributed by atoms with van der Waals surface area (Å²) in [6.45, 7) is 3.25. The zero-order chi connectivity index (χ0) is 16.0. The van der Waals surface area contributed by atoms with Crippen LogP contribution in [0.1, 0.15) is 81.5 Å². The molecule has 0 fully saturated rings. The molecular weight excluding hydrogens is 329 g/mol. The van der Waals surface area contributed by atoms with Crippen molar-refractivity contribution in [1.82, 2.24) is 0 Å². The minimum Gasteiger partial charge on any atom is -0.385 e. The quantitative estimate of drug-likeness (QED) is 0.309. The lowest BCUT2D eigenvalue weighted by Gasteiger charge is -2.07. The standard InChI is InChI=1S/C19H30ClNO.ClH/c1-2-3-4-5-6-7-8-9-10-11-16-21-18-14-12-17(13-15-18)19(20)22;/h12-15,21H,2-11,16H2,1H3;1H. The summed E-state index contributed by atoms with van der Waals surface area (Å²) in [6, 6.07) is 7.34. The third-order valence-corrected chi connectivity index (χ3v) is 4.19. The van der Waals surface area contributed by atoms with Crippen LogP contribution >= 0.6 is 24.0 Å². The van der Waals surface area contributed by atoms with Crippen LogP contribution in [-0.2, 0) is 0 Å². The first-order valence-electron chi connectivity index (χ1n) is 8.78. The van der Waals surface area contributed by atoms with Gasteiger partial charge in [0.1, 0.15) is 0 Å². The minimum absolute atomic E-state index is 0. The average Bonchev–Trinajstić information content (AvgIpc) is 2.53. The van der Waals surface area contributed by atoms with Crippen LogP contribution in [0.3, 0.4) is 0 Å².